The normalized spacial score (nSPS) is 11.6. The van der Waals surface area contributed by atoms with Crippen LogP contribution in [0.5, 0.6) is 0 Å². The fraction of sp³-hybridized carbons (Fsp3) is 0.231. The highest BCUT2D eigenvalue weighted by atomic mass is 35.5. The number of hydrazone groups is 1. The second-order valence-electron chi connectivity index (χ2n) is 3.84. The van der Waals surface area contributed by atoms with Crippen LogP contribution in [0, 0.1) is 0 Å². The van der Waals surface area contributed by atoms with Crippen LogP contribution in [0.3, 0.4) is 0 Å². The van der Waals surface area contributed by atoms with Gasteiger partial charge in [-0.2, -0.15) is 5.10 Å². The van der Waals surface area contributed by atoms with Crippen LogP contribution in [0.4, 0.5) is 0 Å². The van der Waals surface area contributed by atoms with Gasteiger partial charge in [0.1, 0.15) is 5.82 Å². The van der Waals surface area contributed by atoms with E-state index < -0.39 is 0 Å². The molecule has 0 unspecified atom stereocenters. The maximum atomic E-state index is 11.1. The van der Waals surface area contributed by atoms with Crippen molar-refractivity contribution in [1.29, 1.82) is 0 Å². The molecule has 0 aliphatic rings. The van der Waals surface area contributed by atoms with Crippen LogP contribution in [0.2, 0.25) is 5.02 Å². The molecule has 0 aromatic heterocycles. The van der Waals surface area contributed by atoms with E-state index in [2.05, 4.69) is 10.4 Å². The van der Waals surface area contributed by atoms with Gasteiger partial charge in [0.05, 0.1) is 0 Å². The highest BCUT2D eigenvalue weighted by molar-refractivity contribution is 6.30. The zero-order valence-electron chi connectivity index (χ0n) is 10.9. The molecule has 0 heterocycles. The van der Waals surface area contributed by atoms with Gasteiger partial charge in [-0.1, -0.05) is 23.7 Å². The minimum Gasteiger partial charge on any atom is -0.384 e. The molecule has 0 fully saturated rings. The highest BCUT2D eigenvalue weighted by Crippen LogP contribution is 2.09. The van der Waals surface area contributed by atoms with Crippen molar-refractivity contribution in [2.24, 2.45) is 10.8 Å². The van der Waals surface area contributed by atoms with Gasteiger partial charge in [0.2, 0.25) is 5.91 Å². The summed E-state index contributed by atoms with van der Waals surface area (Å²) in [4.78, 5) is 11.1. The predicted octanol–water partition coefficient (Wildman–Crippen LogP) is 1.35. The molecule has 5 nitrogen and oxygen atoms in total. The molecule has 0 aliphatic carbocycles. The Balaban J connectivity index is 2.54. The van der Waals surface area contributed by atoms with E-state index in [9.17, 15) is 4.79 Å². The van der Waals surface area contributed by atoms with Crippen molar-refractivity contribution in [3.63, 3.8) is 0 Å². The van der Waals surface area contributed by atoms with E-state index in [0.717, 1.165) is 5.56 Å². The number of carbonyl (C=O) groups is 1. The van der Waals surface area contributed by atoms with Crippen LogP contribution >= 0.6 is 11.6 Å². The van der Waals surface area contributed by atoms with Crippen molar-refractivity contribution in [1.82, 2.24) is 10.3 Å². The molecular formula is C13H17ClN4O. The number of carbonyl (C=O) groups excluding carboxylic acids is 1. The number of amides is 1. The van der Waals surface area contributed by atoms with Crippen LogP contribution in [-0.4, -0.2) is 31.2 Å². The van der Waals surface area contributed by atoms with Crippen molar-refractivity contribution in [3.05, 3.63) is 46.7 Å². The lowest BCUT2D eigenvalue weighted by Crippen LogP contribution is -2.23. The lowest BCUT2D eigenvalue weighted by atomic mass is 10.2. The summed E-state index contributed by atoms with van der Waals surface area (Å²) in [5.41, 5.74) is 6.78. The van der Waals surface area contributed by atoms with Crippen LogP contribution in [0.1, 0.15) is 5.56 Å². The quantitative estimate of drug-likeness (QED) is 0.486. The van der Waals surface area contributed by atoms with Gasteiger partial charge >= 0.3 is 0 Å². The summed E-state index contributed by atoms with van der Waals surface area (Å²) in [5, 5.41) is 8.72. The van der Waals surface area contributed by atoms with E-state index in [-0.39, 0.29) is 11.7 Å². The van der Waals surface area contributed by atoms with Crippen molar-refractivity contribution >= 4 is 23.7 Å². The van der Waals surface area contributed by atoms with Gasteiger partial charge in [-0.15, -0.1) is 0 Å². The Morgan fingerprint density at radius 1 is 1.47 bits per heavy atom. The average molecular weight is 281 g/mol. The Labute approximate surface area is 117 Å². The number of nitrogens with zero attached hydrogens (tertiary/aromatic N) is 2. The zero-order valence-corrected chi connectivity index (χ0v) is 11.7. The lowest BCUT2D eigenvalue weighted by Gasteiger charge is -2.12. The van der Waals surface area contributed by atoms with E-state index in [0.29, 0.717) is 11.4 Å². The first kappa shape index (κ1) is 15.0. The van der Waals surface area contributed by atoms with Crippen molar-refractivity contribution < 1.29 is 4.79 Å². The molecule has 102 valence electrons. The van der Waals surface area contributed by atoms with Gasteiger partial charge in [0.15, 0.2) is 0 Å². The minimum absolute atomic E-state index is 0.266. The van der Waals surface area contributed by atoms with Gasteiger partial charge in [-0.25, -0.2) is 0 Å². The fourth-order valence-corrected chi connectivity index (χ4v) is 1.38. The average Bonchev–Trinajstić information content (AvgIpc) is 2.40. The number of hydrogen-bond acceptors (Lipinski definition) is 4. The minimum atomic E-state index is -0.266. The first-order valence-corrected chi connectivity index (χ1v) is 6.10. The molecule has 0 aliphatic heterocycles. The van der Waals surface area contributed by atoms with E-state index in [1.807, 2.05) is 24.3 Å². The molecule has 0 saturated heterocycles. The van der Waals surface area contributed by atoms with E-state index in [1.165, 1.54) is 18.1 Å². The Bertz CT molecular complexity index is 482. The van der Waals surface area contributed by atoms with Crippen LogP contribution in [-0.2, 0) is 11.2 Å². The maximum Gasteiger partial charge on any atom is 0.247 e. The van der Waals surface area contributed by atoms with E-state index in [1.54, 1.807) is 13.3 Å². The molecule has 1 aromatic rings. The number of benzene rings is 1. The predicted molar refractivity (Wildman–Crippen MR) is 77.7 cm³/mol. The number of likely N-dealkylation sites (N-methyl/N-ethyl adjacent to an activating group) is 1. The molecule has 0 radical (unpaired) electrons. The second-order valence-corrected chi connectivity index (χ2v) is 4.27. The Kier molecular flexibility index (Phi) is 5.89. The number of nitrogens with two attached hydrogens (primary N) is 1. The zero-order chi connectivity index (χ0) is 14.3. The molecule has 1 aromatic carbocycles. The summed E-state index contributed by atoms with van der Waals surface area (Å²) >= 11 is 5.80. The molecule has 1 rings (SSSR count). The fourth-order valence-electron chi connectivity index (χ4n) is 1.26. The topological polar surface area (TPSA) is 70.7 Å². The summed E-state index contributed by atoms with van der Waals surface area (Å²) in [6.07, 6.45) is 3.65. The van der Waals surface area contributed by atoms with Gasteiger partial charge < -0.3 is 11.1 Å². The monoisotopic (exact) mass is 280 g/mol. The maximum absolute atomic E-state index is 11.1. The molecule has 0 atom stereocenters. The third kappa shape index (κ3) is 5.44. The number of rotatable bonds is 5. The Morgan fingerprint density at radius 2 is 2.11 bits per heavy atom. The molecule has 1 amide bonds. The lowest BCUT2D eigenvalue weighted by molar-refractivity contribution is -0.116. The molecule has 0 spiro atoms. The summed E-state index contributed by atoms with van der Waals surface area (Å²) in [5.74, 6) is 0.00366. The summed E-state index contributed by atoms with van der Waals surface area (Å²) in [6, 6.07) is 7.51. The van der Waals surface area contributed by atoms with Crippen molar-refractivity contribution in [2.75, 3.05) is 14.1 Å². The van der Waals surface area contributed by atoms with Crippen molar-refractivity contribution in [3.8, 4) is 0 Å². The number of nitrogens with one attached hydrogen (secondary N) is 1. The molecule has 19 heavy (non-hydrogen) atoms. The molecule has 0 bridgehead atoms. The Hall–Kier alpha value is -2.01. The van der Waals surface area contributed by atoms with Crippen LogP contribution in [0.25, 0.3) is 0 Å². The van der Waals surface area contributed by atoms with Gasteiger partial charge in [0, 0.05) is 37.8 Å². The third-order valence-electron chi connectivity index (χ3n) is 2.39. The number of halogens is 1. The number of hydrogen-bond donors (Lipinski definition) is 2. The molecule has 6 heteroatoms. The largest absolute Gasteiger partial charge is 0.384 e. The van der Waals surface area contributed by atoms with E-state index >= 15 is 0 Å². The van der Waals surface area contributed by atoms with Gasteiger partial charge in [-0.3, -0.25) is 9.80 Å². The highest BCUT2D eigenvalue weighted by Gasteiger charge is 1.99. The summed E-state index contributed by atoms with van der Waals surface area (Å²) in [7, 11) is 3.21. The van der Waals surface area contributed by atoms with Crippen LogP contribution < -0.4 is 11.1 Å². The summed E-state index contributed by atoms with van der Waals surface area (Å²) in [6.45, 7) is 0. The third-order valence-corrected chi connectivity index (χ3v) is 2.65. The van der Waals surface area contributed by atoms with Gasteiger partial charge in [-0.05, 0) is 17.7 Å². The molecule has 0 saturated carbocycles. The first-order chi connectivity index (χ1) is 9.02. The first-order valence-electron chi connectivity index (χ1n) is 5.72. The van der Waals surface area contributed by atoms with Crippen molar-refractivity contribution in [2.45, 2.75) is 6.42 Å². The van der Waals surface area contributed by atoms with Crippen LogP contribution in [0.15, 0.2) is 41.3 Å². The molecular weight excluding hydrogens is 264 g/mol. The summed E-state index contributed by atoms with van der Waals surface area (Å²) < 4.78 is 0. The van der Waals surface area contributed by atoms with Gasteiger partial charge in [0.25, 0.3) is 0 Å². The smallest absolute Gasteiger partial charge is 0.247 e. The second kappa shape index (κ2) is 7.43. The Morgan fingerprint density at radius 3 is 2.68 bits per heavy atom. The SMILES string of the molecule is CNC(=O)/C=C(\N)N(C)/N=C/Cc1ccc(Cl)cc1. The molecule has 3 N–H and O–H groups in total. The standard InChI is InChI=1S/C13H17ClN4O/c1-16-13(19)9-12(15)18(2)17-8-7-10-3-5-11(14)6-4-10/h3-6,8-9H,7,15H2,1-2H3,(H,16,19)/b12-9+,17-8+. The van der Waals surface area contributed by atoms with E-state index in [4.69, 9.17) is 17.3 Å².